The molecular formula is C54H101NO4. The SMILES string of the molecule is CCCCCCCCC/C=C/CC/C=C/C(O)C(CO)NC(=O)C(O)CCCCCCCCCCCCCCCCCC/C=C\C/C=C\CCCCCCCCCCC. The van der Waals surface area contributed by atoms with E-state index in [0.29, 0.717) is 6.42 Å². The molecule has 3 atom stereocenters. The summed E-state index contributed by atoms with van der Waals surface area (Å²) in [6, 6.07) is -0.814. The van der Waals surface area contributed by atoms with Crippen molar-refractivity contribution in [2.45, 2.75) is 283 Å². The predicted octanol–water partition coefficient (Wildman–Crippen LogP) is 15.7. The fourth-order valence-corrected chi connectivity index (χ4v) is 7.82. The number of unbranched alkanes of at least 4 members (excludes halogenated alkanes) is 33. The van der Waals surface area contributed by atoms with Crippen LogP contribution in [-0.4, -0.2) is 46.1 Å². The monoisotopic (exact) mass is 828 g/mol. The first-order chi connectivity index (χ1) is 29.1. The Morgan fingerprint density at radius 3 is 1.14 bits per heavy atom. The molecule has 5 nitrogen and oxygen atoms in total. The number of aliphatic hydroxyl groups excluding tert-OH is 3. The Morgan fingerprint density at radius 1 is 0.424 bits per heavy atom. The van der Waals surface area contributed by atoms with E-state index in [4.69, 9.17) is 0 Å². The van der Waals surface area contributed by atoms with Gasteiger partial charge in [0.05, 0.1) is 18.8 Å². The topological polar surface area (TPSA) is 89.8 Å². The summed E-state index contributed by atoms with van der Waals surface area (Å²) in [6.45, 7) is 4.16. The molecule has 5 heteroatoms. The van der Waals surface area contributed by atoms with Crippen LogP contribution in [0.1, 0.15) is 264 Å². The lowest BCUT2D eigenvalue weighted by Crippen LogP contribution is -2.48. The second-order valence-electron chi connectivity index (χ2n) is 17.7. The van der Waals surface area contributed by atoms with Crippen molar-refractivity contribution < 1.29 is 20.1 Å². The molecule has 0 aromatic carbocycles. The zero-order valence-corrected chi connectivity index (χ0v) is 39.4. The van der Waals surface area contributed by atoms with Crippen LogP contribution >= 0.6 is 0 Å². The van der Waals surface area contributed by atoms with Crippen LogP contribution < -0.4 is 5.32 Å². The standard InChI is InChI=1S/C54H101NO4/c1-3-5-7-9-11-13-15-17-18-19-20-21-22-23-24-25-26-27-28-29-30-31-32-33-34-35-37-39-41-43-45-47-49-53(58)54(59)55-51(50-56)52(57)48-46-44-42-40-38-36-16-14-12-10-8-6-4-2/h20-21,23-24,38,40,46,48,51-53,56-58H,3-19,22,25-37,39,41-45,47,49-50H2,1-2H3,(H,55,59)/b21-20-,24-23-,40-38+,48-46+. The average molecular weight is 828 g/mol. The molecular weight excluding hydrogens is 727 g/mol. The largest absolute Gasteiger partial charge is 0.394 e. The maximum Gasteiger partial charge on any atom is 0.249 e. The summed E-state index contributed by atoms with van der Waals surface area (Å²) >= 11 is 0. The Kier molecular flexibility index (Phi) is 47.6. The average Bonchev–Trinajstić information content (AvgIpc) is 3.24. The molecule has 0 radical (unpaired) electrons. The molecule has 3 unspecified atom stereocenters. The van der Waals surface area contributed by atoms with Gasteiger partial charge in [-0.05, 0) is 64.2 Å². The van der Waals surface area contributed by atoms with Crippen LogP contribution in [0.15, 0.2) is 48.6 Å². The van der Waals surface area contributed by atoms with Crippen molar-refractivity contribution in [3.8, 4) is 0 Å². The second-order valence-corrected chi connectivity index (χ2v) is 17.7. The van der Waals surface area contributed by atoms with Crippen molar-refractivity contribution in [3.05, 3.63) is 48.6 Å². The molecule has 1 amide bonds. The molecule has 0 aromatic heterocycles. The lowest BCUT2D eigenvalue weighted by molar-refractivity contribution is -0.131. The fourth-order valence-electron chi connectivity index (χ4n) is 7.82. The van der Waals surface area contributed by atoms with E-state index in [2.05, 4.69) is 55.6 Å². The quantitative estimate of drug-likeness (QED) is 0.0363. The van der Waals surface area contributed by atoms with Crippen LogP contribution in [0.5, 0.6) is 0 Å². The van der Waals surface area contributed by atoms with Gasteiger partial charge in [0, 0.05) is 0 Å². The number of aliphatic hydroxyl groups is 3. The summed E-state index contributed by atoms with van der Waals surface area (Å²) in [7, 11) is 0. The summed E-state index contributed by atoms with van der Waals surface area (Å²) in [5, 5.41) is 33.2. The molecule has 0 saturated heterocycles. The third-order valence-electron chi connectivity index (χ3n) is 11.9. The van der Waals surface area contributed by atoms with Crippen molar-refractivity contribution in [1.82, 2.24) is 5.32 Å². The first-order valence-corrected chi connectivity index (χ1v) is 26.0. The van der Waals surface area contributed by atoms with E-state index in [0.717, 1.165) is 44.9 Å². The summed E-state index contributed by atoms with van der Waals surface area (Å²) in [5.74, 6) is -0.513. The van der Waals surface area contributed by atoms with Crippen LogP contribution in [0, 0.1) is 0 Å². The molecule has 0 aliphatic carbocycles. The van der Waals surface area contributed by atoms with Gasteiger partial charge in [-0.2, -0.15) is 0 Å². The van der Waals surface area contributed by atoms with Gasteiger partial charge in [-0.25, -0.2) is 0 Å². The van der Waals surface area contributed by atoms with E-state index in [9.17, 15) is 20.1 Å². The van der Waals surface area contributed by atoms with Crippen molar-refractivity contribution in [2.75, 3.05) is 6.61 Å². The number of carbonyl (C=O) groups excluding carboxylic acids is 1. The molecule has 59 heavy (non-hydrogen) atoms. The van der Waals surface area contributed by atoms with Gasteiger partial charge in [0.15, 0.2) is 0 Å². The first kappa shape index (κ1) is 57.3. The number of hydrogen-bond donors (Lipinski definition) is 4. The van der Waals surface area contributed by atoms with E-state index >= 15 is 0 Å². The van der Waals surface area contributed by atoms with Gasteiger partial charge in [0.1, 0.15) is 6.10 Å². The van der Waals surface area contributed by atoms with Gasteiger partial charge in [-0.3, -0.25) is 4.79 Å². The molecule has 0 fully saturated rings. The van der Waals surface area contributed by atoms with Crippen molar-refractivity contribution in [1.29, 1.82) is 0 Å². The zero-order valence-electron chi connectivity index (χ0n) is 39.4. The summed E-state index contributed by atoms with van der Waals surface area (Å²) in [6.07, 6.45) is 64.7. The van der Waals surface area contributed by atoms with Gasteiger partial charge in [-0.1, -0.05) is 249 Å². The summed E-state index contributed by atoms with van der Waals surface area (Å²) in [5.41, 5.74) is 0. The van der Waals surface area contributed by atoms with E-state index in [1.807, 2.05) is 6.08 Å². The van der Waals surface area contributed by atoms with Crippen molar-refractivity contribution in [2.24, 2.45) is 0 Å². The molecule has 0 saturated carbocycles. The van der Waals surface area contributed by atoms with Gasteiger partial charge in [0.25, 0.3) is 0 Å². The maximum absolute atomic E-state index is 12.5. The Labute approximate surface area is 367 Å². The summed E-state index contributed by atoms with van der Waals surface area (Å²) in [4.78, 5) is 12.5. The molecule has 4 N–H and O–H groups in total. The Bertz CT molecular complexity index is 958. The molecule has 0 aromatic rings. The minimum Gasteiger partial charge on any atom is -0.394 e. The van der Waals surface area contributed by atoms with Crippen molar-refractivity contribution in [3.63, 3.8) is 0 Å². The van der Waals surface area contributed by atoms with Gasteiger partial charge < -0.3 is 20.6 Å². The smallest absolute Gasteiger partial charge is 0.249 e. The van der Waals surface area contributed by atoms with Crippen LogP contribution in [0.3, 0.4) is 0 Å². The molecule has 0 heterocycles. The fraction of sp³-hybridized carbons (Fsp3) is 0.833. The minimum atomic E-state index is -1.11. The minimum absolute atomic E-state index is 0.376. The van der Waals surface area contributed by atoms with Crippen LogP contribution in [0.25, 0.3) is 0 Å². The highest BCUT2D eigenvalue weighted by atomic mass is 16.3. The molecule has 0 rings (SSSR count). The van der Waals surface area contributed by atoms with E-state index < -0.39 is 24.2 Å². The molecule has 0 spiro atoms. The van der Waals surface area contributed by atoms with Crippen LogP contribution in [-0.2, 0) is 4.79 Å². The van der Waals surface area contributed by atoms with Crippen molar-refractivity contribution >= 4 is 5.91 Å². The molecule has 346 valence electrons. The van der Waals surface area contributed by atoms with E-state index in [1.165, 1.54) is 199 Å². The Balaban J connectivity index is 3.55. The van der Waals surface area contributed by atoms with Gasteiger partial charge in [-0.15, -0.1) is 0 Å². The highest BCUT2D eigenvalue weighted by molar-refractivity contribution is 5.80. The number of allylic oxidation sites excluding steroid dienone is 7. The summed E-state index contributed by atoms with van der Waals surface area (Å²) < 4.78 is 0. The Hall–Kier alpha value is -1.69. The van der Waals surface area contributed by atoms with E-state index in [-0.39, 0.29) is 6.61 Å². The predicted molar refractivity (Wildman–Crippen MR) is 259 cm³/mol. The van der Waals surface area contributed by atoms with Crippen LogP contribution in [0.4, 0.5) is 0 Å². The van der Waals surface area contributed by atoms with Crippen LogP contribution in [0.2, 0.25) is 0 Å². The second kappa shape index (κ2) is 49.0. The highest BCUT2D eigenvalue weighted by Crippen LogP contribution is 2.16. The lowest BCUT2D eigenvalue weighted by atomic mass is 10.0. The maximum atomic E-state index is 12.5. The highest BCUT2D eigenvalue weighted by Gasteiger charge is 2.22. The third kappa shape index (κ3) is 44.2. The zero-order chi connectivity index (χ0) is 43.0. The number of nitrogens with one attached hydrogen (secondary N) is 1. The number of amides is 1. The van der Waals surface area contributed by atoms with Gasteiger partial charge >= 0.3 is 0 Å². The Morgan fingerprint density at radius 2 is 0.746 bits per heavy atom. The number of rotatable bonds is 47. The number of hydrogen-bond acceptors (Lipinski definition) is 4. The third-order valence-corrected chi connectivity index (χ3v) is 11.9. The molecule has 0 aliphatic rings. The molecule has 0 aliphatic heterocycles. The lowest BCUT2D eigenvalue weighted by Gasteiger charge is -2.21. The normalized spacial score (nSPS) is 13.8. The molecule has 0 bridgehead atoms. The van der Waals surface area contributed by atoms with E-state index in [1.54, 1.807) is 6.08 Å². The first-order valence-electron chi connectivity index (χ1n) is 26.0. The number of carbonyl (C=O) groups is 1. The van der Waals surface area contributed by atoms with Gasteiger partial charge in [0.2, 0.25) is 5.91 Å².